The van der Waals surface area contributed by atoms with Crippen molar-refractivity contribution in [3.05, 3.63) is 35.7 Å². The van der Waals surface area contributed by atoms with Crippen LogP contribution in [0.3, 0.4) is 0 Å². The number of hydrogen-bond donors (Lipinski definition) is 3. The lowest BCUT2D eigenvalue weighted by Crippen LogP contribution is -2.42. The lowest BCUT2D eigenvalue weighted by Gasteiger charge is -2.29. The molecule has 2 atom stereocenters. The van der Waals surface area contributed by atoms with Gasteiger partial charge in [-0.3, -0.25) is 0 Å². The molecule has 2 aromatic rings. The third-order valence-electron chi connectivity index (χ3n) is 4.66. The summed E-state index contributed by atoms with van der Waals surface area (Å²) in [7, 11) is 0. The van der Waals surface area contributed by atoms with Gasteiger partial charge in [-0.15, -0.1) is 5.10 Å². The number of nitrogens with zero attached hydrogens (tertiary/aromatic N) is 3. The van der Waals surface area contributed by atoms with E-state index >= 15 is 0 Å². The maximum atomic E-state index is 6.21. The van der Waals surface area contributed by atoms with Crippen molar-refractivity contribution in [1.82, 2.24) is 15.2 Å². The predicted molar refractivity (Wildman–Crippen MR) is 102 cm³/mol. The monoisotopic (exact) mass is 340 g/mol. The van der Waals surface area contributed by atoms with Crippen LogP contribution in [0.1, 0.15) is 56.7 Å². The summed E-state index contributed by atoms with van der Waals surface area (Å²) in [5.41, 5.74) is 9.35. The Kier molecular flexibility index (Phi) is 5.48. The summed E-state index contributed by atoms with van der Waals surface area (Å²) in [5.74, 6) is 1.97. The normalized spacial score (nSPS) is 20.5. The number of nitrogens with one attached hydrogen (secondary N) is 2. The van der Waals surface area contributed by atoms with Gasteiger partial charge in [0.25, 0.3) is 0 Å². The zero-order chi connectivity index (χ0) is 17.8. The summed E-state index contributed by atoms with van der Waals surface area (Å²) >= 11 is 0. The van der Waals surface area contributed by atoms with Gasteiger partial charge in [-0.1, -0.05) is 26.7 Å². The molecule has 2 heterocycles. The van der Waals surface area contributed by atoms with E-state index < -0.39 is 0 Å². The molecule has 0 aromatic carbocycles. The molecule has 0 amide bonds. The van der Waals surface area contributed by atoms with E-state index in [0.29, 0.717) is 5.92 Å². The van der Waals surface area contributed by atoms with Gasteiger partial charge in [-0.05, 0) is 43.4 Å². The van der Waals surface area contributed by atoms with Crippen LogP contribution in [0, 0.1) is 6.92 Å². The van der Waals surface area contributed by atoms with Crippen molar-refractivity contribution >= 4 is 17.3 Å². The Morgan fingerprint density at radius 2 is 1.92 bits per heavy atom. The minimum Gasteiger partial charge on any atom is -0.364 e. The number of pyridine rings is 1. The quantitative estimate of drug-likeness (QED) is 0.768. The zero-order valence-electron chi connectivity index (χ0n) is 15.3. The van der Waals surface area contributed by atoms with Gasteiger partial charge in [0, 0.05) is 23.8 Å². The fourth-order valence-corrected chi connectivity index (χ4v) is 3.24. The van der Waals surface area contributed by atoms with Crippen LogP contribution in [-0.2, 0) is 0 Å². The maximum absolute atomic E-state index is 6.21. The number of aryl methyl sites for hydroxylation is 1. The minimum absolute atomic E-state index is 0.180. The van der Waals surface area contributed by atoms with Crippen LogP contribution in [0.5, 0.6) is 0 Å². The van der Waals surface area contributed by atoms with Crippen LogP contribution < -0.4 is 16.4 Å². The van der Waals surface area contributed by atoms with Gasteiger partial charge in [0.1, 0.15) is 5.82 Å². The van der Waals surface area contributed by atoms with Crippen LogP contribution in [0.15, 0.2) is 24.4 Å². The number of anilines is 3. The van der Waals surface area contributed by atoms with Crippen molar-refractivity contribution in [2.45, 2.75) is 64.5 Å². The standard InChI is InChI=1S/C19H28N6/c1-12(2)17-8-13(3)9-18(24-17)22-14-10-19(25-21-11-14)23-16-7-5-4-6-15(16)20/h8-12,15-16H,4-7,20H2,1-3H3,(H2,22,23,24,25)/t15-,16+/m0/s1. The molecule has 1 fully saturated rings. The highest BCUT2D eigenvalue weighted by atomic mass is 15.2. The zero-order valence-corrected chi connectivity index (χ0v) is 15.3. The van der Waals surface area contributed by atoms with Crippen LogP contribution in [-0.4, -0.2) is 27.3 Å². The molecule has 0 unspecified atom stereocenters. The molecule has 134 valence electrons. The Balaban J connectivity index is 1.73. The van der Waals surface area contributed by atoms with E-state index in [4.69, 9.17) is 5.73 Å². The van der Waals surface area contributed by atoms with E-state index in [1.54, 1.807) is 6.20 Å². The largest absolute Gasteiger partial charge is 0.364 e. The maximum Gasteiger partial charge on any atom is 0.150 e. The molecule has 0 radical (unpaired) electrons. The first-order valence-corrected chi connectivity index (χ1v) is 9.11. The van der Waals surface area contributed by atoms with Crippen molar-refractivity contribution in [3.8, 4) is 0 Å². The average Bonchev–Trinajstić information content (AvgIpc) is 2.57. The van der Waals surface area contributed by atoms with Crippen LogP contribution in [0.4, 0.5) is 17.3 Å². The van der Waals surface area contributed by atoms with E-state index in [9.17, 15) is 0 Å². The Hall–Kier alpha value is -2.21. The molecular weight excluding hydrogens is 312 g/mol. The highest BCUT2D eigenvalue weighted by molar-refractivity contribution is 5.59. The molecule has 6 heteroatoms. The molecule has 25 heavy (non-hydrogen) atoms. The Labute approximate surface area is 149 Å². The van der Waals surface area contributed by atoms with E-state index in [-0.39, 0.29) is 12.1 Å². The fraction of sp³-hybridized carbons (Fsp3) is 0.526. The third kappa shape index (κ3) is 4.66. The van der Waals surface area contributed by atoms with Gasteiger partial charge < -0.3 is 16.4 Å². The SMILES string of the molecule is Cc1cc(Nc2cnnc(N[C@@H]3CCCC[C@@H]3N)c2)nc(C(C)C)c1. The van der Waals surface area contributed by atoms with Gasteiger partial charge in [0.2, 0.25) is 0 Å². The molecule has 0 spiro atoms. The van der Waals surface area contributed by atoms with Crippen molar-refractivity contribution in [2.75, 3.05) is 10.6 Å². The number of hydrogen-bond acceptors (Lipinski definition) is 6. The molecular formula is C19H28N6. The topological polar surface area (TPSA) is 88.8 Å². The van der Waals surface area contributed by atoms with E-state index in [1.807, 2.05) is 12.1 Å². The van der Waals surface area contributed by atoms with Gasteiger partial charge in [-0.2, -0.15) is 5.10 Å². The first kappa shape index (κ1) is 17.6. The fourth-order valence-electron chi connectivity index (χ4n) is 3.24. The Morgan fingerprint density at radius 1 is 1.12 bits per heavy atom. The molecule has 2 aromatic heterocycles. The smallest absolute Gasteiger partial charge is 0.150 e. The van der Waals surface area contributed by atoms with Gasteiger partial charge >= 0.3 is 0 Å². The Bertz CT molecular complexity index is 715. The van der Waals surface area contributed by atoms with Crippen molar-refractivity contribution in [3.63, 3.8) is 0 Å². The summed E-state index contributed by atoms with van der Waals surface area (Å²) < 4.78 is 0. The van der Waals surface area contributed by atoms with E-state index in [2.05, 4.69) is 52.7 Å². The molecule has 1 saturated carbocycles. The molecule has 0 saturated heterocycles. The molecule has 4 N–H and O–H groups in total. The summed E-state index contributed by atoms with van der Waals surface area (Å²) in [6.45, 7) is 6.38. The second-order valence-electron chi connectivity index (χ2n) is 7.26. The number of nitrogens with two attached hydrogens (primary N) is 1. The summed E-state index contributed by atoms with van der Waals surface area (Å²) in [6.07, 6.45) is 6.28. The van der Waals surface area contributed by atoms with E-state index in [0.717, 1.165) is 35.9 Å². The Morgan fingerprint density at radius 3 is 2.68 bits per heavy atom. The number of aromatic nitrogens is 3. The van der Waals surface area contributed by atoms with E-state index in [1.165, 1.54) is 18.4 Å². The van der Waals surface area contributed by atoms with Gasteiger partial charge in [0.05, 0.1) is 11.9 Å². The first-order chi connectivity index (χ1) is 12.0. The van der Waals surface area contributed by atoms with Crippen molar-refractivity contribution < 1.29 is 0 Å². The minimum atomic E-state index is 0.180. The molecule has 6 nitrogen and oxygen atoms in total. The molecule has 0 bridgehead atoms. The average molecular weight is 340 g/mol. The summed E-state index contributed by atoms with van der Waals surface area (Å²) in [6, 6.07) is 6.57. The molecule has 1 aliphatic carbocycles. The van der Waals surface area contributed by atoms with Crippen molar-refractivity contribution in [2.24, 2.45) is 5.73 Å². The molecule has 0 aliphatic heterocycles. The second-order valence-corrected chi connectivity index (χ2v) is 7.26. The van der Waals surface area contributed by atoms with Crippen LogP contribution >= 0.6 is 0 Å². The van der Waals surface area contributed by atoms with Crippen molar-refractivity contribution in [1.29, 1.82) is 0 Å². The van der Waals surface area contributed by atoms with Gasteiger partial charge in [0.15, 0.2) is 5.82 Å². The summed E-state index contributed by atoms with van der Waals surface area (Å²) in [5, 5.41) is 15.1. The second kappa shape index (κ2) is 7.78. The summed E-state index contributed by atoms with van der Waals surface area (Å²) in [4.78, 5) is 4.69. The lowest BCUT2D eigenvalue weighted by atomic mass is 9.91. The molecule has 1 aliphatic rings. The van der Waals surface area contributed by atoms with Crippen LogP contribution in [0.2, 0.25) is 0 Å². The number of rotatable bonds is 5. The molecule has 3 rings (SSSR count). The highest BCUT2D eigenvalue weighted by Crippen LogP contribution is 2.23. The lowest BCUT2D eigenvalue weighted by molar-refractivity contribution is 0.403. The van der Waals surface area contributed by atoms with Gasteiger partial charge in [-0.25, -0.2) is 4.98 Å². The first-order valence-electron chi connectivity index (χ1n) is 9.11. The van der Waals surface area contributed by atoms with Crippen LogP contribution in [0.25, 0.3) is 0 Å². The highest BCUT2D eigenvalue weighted by Gasteiger charge is 2.22. The predicted octanol–water partition coefficient (Wildman–Crippen LogP) is 3.73. The third-order valence-corrected chi connectivity index (χ3v) is 4.66.